The number of aryl methyl sites for hydroxylation is 1. The van der Waals surface area contributed by atoms with Gasteiger partial charge in [0.05, 0.1) is 12.0 Å². The zero-order chi connectivity index (χ0) is 18.7. The number of rotatable bonds is 5. The zero-order valence-electron chi connectivity index (χ0n) is 15.0. The van der Waals surface area contributed by atoms with Gasteiger partial charge in [-0.05, 0) is 55.7 Å². The van der Waals surface area contributed by atoms with E-state index in [2.05, 4.69) is 0 Å². The minimum atomic E-state index is -3.59. The van der Waals surface area contributed by atoms with E-state index in [4.69, 9.17) is 4.74 Å². The Balaban J connectivity index is 1.80. The number of hydrogen-bond donors (Lipinski definition) is 0. The van der Waals surface area contributed by atoms with Crippen LogP contribution in [0.25, 0.3) is 0 Å². The molecular weight excluding hydrogens is 350 g/mol. The fraction of sp³-hybridized carbons (Fsp3) is 0.350. The van der Waals surface area contributed by atoms with E-state index in [1.165, 1.54) is 4.31 Å². The number of ether oxygens (including phenoxy) is 1. The second-order valence-corrected chi connectivity index (χ2v) is 8.47. The van der Waals surface area contributed by atoms with E-state index in [1.807, 2.05) is 6.07 Å². The maximum absolute atomic E-state index is 13.0. The number of carbonyl (C=O) groups excluding carboxylic acids is 1. The molecular formula is C20H23NO4S. The maximum atomic E-state index is 13.0. The van der Waals surface area contributed by atoms with Crippen LogP contribution in [-0.4, -0.2) is 38.7 Å². The van der Waals surface area contributed by atoms with Crippen LogP contribution in [-0.2, 0) is 10.0 Å². The molecule has 2 aromatic carbocycles. The van der Waals surface area contributed by atoms with Gasteiger partial charge in [-0.3, -0.25) is 4.79 Å². The molecule has 5 nitrogen and oxygen atoms in total. The summed E-state index contributed by atoms with van der Waals surface area (Å²) in [5, 5.41) is 0. The Bertz CT molecular complexity index is 890. The third kappa shape index (κ3) is 3.66. The first-order valence-corrected chi connectivity index (χ1v) is 10.1. The Morgan fingerprint density at radius 3 is 2.46 bits per heavy atom. The van der Waals surface area contributed by atoms with E-state index in [-0.39, 0.29) is 18.2 Å². The summed E-state index contributed by atoms with van der Waals surface area (Å²) in [5.74, 6) is 0.349. The molecule has 0 amide bonds. The van der Waals surface area contributed by atoms with Crippen LogP contribution in [0.2, 0.25) is 0 Å². The molecule has 0 N–H and O–H groups in total. The number of benzene rings is 2. The number of methoxy groups -OCH3 is 1. The highest BCUT2D eigenvalue weighted by Gasteiger charge is 2.34. The van der Waals surface area contributed by atoms with Crippen molar-refractivity contribution in [3.63, 3.8) is 0 Å². The summed E-state index contributed by atoms with van der Waals surface area (Å²) < 4.78 is 32.6. The van der Waals surface area contributed by atoms with Crippen LogP contribution < -0.4 is 4.74 Å². The first-order chi connectivity index (χ1) is 12.4. The second-order valence-electron chi connectivity index (χ2n) is 6.56. The van der Waals surface area contributed by atoms with Crippen molar-refractivity contribution in [1.29, 1.82) is 0 Å². The van der Waals surface area contributed by atoms with Crippen LogP contribution in [0.4, 0.5) is 0 Å². The number of Topliss-reactive ketones (excluding diaryl/α,β-unsaturated/α-hetero) is 1. The molecule has 6 heteroatoms. The van der Waals surface area contributed by atoms with E-state index >= 15 is 0 Å². The molecule has 1 saturated heterocycles. The lowest BCUT2D eigenvalue weighted by atomic mass is 9.91. The average Bonchev–Trinajstić information content (AvgIpc) is 2.68. The molecule has 0 aromatic heterocycles. The molecule has 1 unspecified atom stereocenters. The average molecular weight is 373 g/mol. The third-order valence-electron chi connectivity index (χ3n) is 4.84. The Labute approximate surface area is 154 Å². The monoisotopic (exact) mass is 373 g/mol. The number of piperidine rings is 1. The van der Waals surface area contributed by atoms with Crippen molar-refractivity contribution < 1.29 is 17.9 Å². The van der Waals surface area contributed by atoms with Gasteiger partial charge in [-0.15, -0.1) is 0 Å². The van der Waals surface area contributed by atoms with Crippen LogP contribution in [0, 0.1) is 12.8 Å². The van der Waals surface area contributed by atoms with Crippen LogP contribution in [0.3, 0.4) is 0 Å². The fourth-order valence-corrected chi connectivity index (χ4v) is 5.10. The molecule has 26 heavy (non-hydrogen) atoms. The number of sulfonamides is 1. The summed E-state index contributed by atoms with van der Waals surface area (Å²) in [4.78, 5) is 13.1. The molecule has 138 valence electrons. The standard InChI is InChI=1S/C20H23NO4S/c1-15-6-3-4-8-19(15)26(23,24)21-13-5-7-17(14-21)20(22)16-9-11-18(25-2)12-10-16/h3-4,6,8-12,17H,5,7,13-14H2,1-2H3. The van der Waals surface area contributed by atoms with Gasteiger partial charge in [0.2, 0.25) is 10.0 Å². The molecule has 2 aromatic rings. The van der Waals surface area contributed by atoms with Crippen molar-refractivity contribution in [2.75, 3.05) is 20.2 Å². The highest BCUT2D eigenvalue weighted by molar-refractivity contribution is 7.89. The smallest absolute Gasteiger partial charge is 0.243 e. The zero-order valence-corrected chi connectivity index (χ0v) is 15.8. The predicted molar refractivity (Wildman–Crippen MR) is 100.0 cm³/mol. The van der Waals surface area contributed by atoms with Crippen LogP contribution >= 0.6 is 0 Å². The van der Waals surface area contributed by atoms with Crippen molar-refractivity contribution in [2.45, 2.75) is 24.7 Å². The van der Waals surface area contributed by atoms with E-state index in [0.29, 0.717) is 35.6 Å². The van der Waals surface area contributed by atoms with Crippen molar-refractivity contribution in [3.05, 3.63) is 59.7 Å². The SMILES string of the molecule is COc1ccc(C(=O)C2CCCN(S(=O)(=O)c3ccccc3C)C2)cc1. The van der Waals surface area contributed by atoms with Crippen molar-refractivity contribution in [2.24, 2.45) is 5.92 Å². The van der Waals surface area contributed by atoms with Gasteiger partial charge >= 0.3 is 0 Å². The lowest BCUT2D eigenvalue weighted by Crippen LogP contribution is -2.42. The summed E-state index contributed by atoms with van der Waals surface area (Å²) in [7, 11) is -2.02. The van der Waals surface area contributed by atoms with Gasteiger partial charge in [-0.1, -0.05) is 18.2 Å². The Morgan fingerprint density at radius 1 is 1.12 bits per heavy atom. The molecule has 0 radical (unpaired) electrons. The van der Waals surface area contributed by atoms with Crippen molar-refractivity contribution in [1.82, 2.24) is 4.31 Å². The van der Waals surface area contributed by atoms with Crippen molar-refractivity contribution >= 4 is 15.8 Å². The molecule has 0 saturated carbocycles. The molecule has 1 aliphatic heterocycles. The molecule has 1 fully saturated rings. The Morgan fingerprint density at radius 2 is 1.81 bits per heavy atom. The van der Waals surface area contributed by atoms with Gasteiger partial charge in [0, 0.05) is 24.6 Å². The topological polar surface area (TPSA) is 63.7 Å². The summed E-state index contributed by atoms with van der Waals surface area (Å²) >= 11 is 0. The van der Waals surface area contributed by atoms with E-state index in [1.54, 1.807) is 56.5 Å². The van der Waals surface area contributed by atoms with E-state index in [0.717, 1.165) is 5.56 Å². The molecule has 1 heterocycles. The van der Waals surface area contributed by atoms with Gasteiger partial charge in [-0.25, -0.2) is 8.42 Å². The normalized spacial score (nSPS) is 18.5. The van der Waals surface area contributed by atoms with E-state index in [9.17, 15) is 13.2 Å². The summed E-state index contributed by atoms with van der Waals surface area (Å²) in [6, 6.07) is 13.9. The quantitative estimate of drug-likeness (QED) is 0.755. The maximum Gasteiger partial charge on any atom is 0.243 e. The minimum Gasteiger partial charge on any atom is -0.497 e. The van der Waals surface area contributed by atoms with Gasteiger partial charge in [-0.2, -0.15) is 4.31 Å². The summed E-state index contributed by atoms with van der Waals surface area (Å²) in [6.45, 7) is 2.46. The van der Waals surface area contributed by atoms with Gasteiger partial charge in [0.25, 0.3) is 0 Å². The highest BCUT2D eigenvalue weighted by Crippen LogP contribution is 2.27. The lowest BCUT2D eigenvalue weighted by molar-refractivity contribution is 0.0872. The summed E-state index contributed by atoms with van der Waals surface area (Å²) in [6.07, 6.45) is 1.38. The fourth-order valence-electron chi connectivity index (χ4n) is 3.35. The summed E-state index contributed by atoms with van der Waals surface area (Å²) in [5.41, 5.74) is 1.31. The third-order valence-corrected chi connectivity index (χ3v) is 6.87. The number of ketones is 1. The number of hydrogen-bond acceptors (Lipinski definition) is 4. The van der Waals surface area contributed by atoms with Gasteiger partial charge in [0.1, 0.15) is 5.75 Å². The lowest BCUT2D eigenvalue weighted by Gasteiger charge is -2.31. The van der Waals surface area contributed by atoms with Crippen molar-refractivity contribution in [3.8, 4) is 5.75 Å². The van der Waals surface area contributed by atoms with Gasteiger partial charge in [0.15, 0.2) is 5.78 Å². The second kappa shape index (κ2) is 7.60. The largest absolute Gasteiger partial charge is 0.497 e. The molecule has 1 aliphatic rings. The molecule has 0 spiro atoms. The van der Waals surface area contributed by atoms with Crippen LogP contribution in [0.1, 0.15) is 28.8 Å². The highest BCUT2D eigenvalue weighted by atomic mass is 32.2. The number of nitrogens with zero attached hydrogens (tertiary/aromatic N) is 1. The molecule has 1 atom stereocenters. The van der Waals surface area contributed by atoms with Crippen LogP contribution in [0.5, 0.6) is 5.75 Å². The molecule has 0 aliphatic carbocycles. The van der Waals surface area contributed by atoms with Gasteiger partial charge < -0.3 is 4.74 Å². The molecule has 0 bridgehead atoms. The van der Waals surface area contributed by atoms with Crippen LogP contribution in [0.15, 0.2) is 53.4 Å². The van der Waals surface area contributed by atoms with E-state index < -0.39 is 10.0 Å². The number of carbonyl (C=O) groups is 1. The Hall–Kier alpha value is -2.18. The molecule has 3 rings (SSSR count). The first-order valence-electron chi connectivity index (χ1n) is 8.67. The minimum absolute atomic E-state index is 0.0164. The first kappa shape index (κ1) is 18.6. The predicted octanol–water partition coefficient (Wildman–Crippen LogP) is 3.29. The Kier molecular flexibility index (Phi) is 5.44.